The van der Waals surface area contributed by atoms with Crippen molar-refractivity contribution in [2.45, 2.75) is 30.5 Å². The zero-order valence-corrected chi connectivity index (χ0v) is 17.6. The molecule has 0 saturated heterocycles. The van der Waals surface area contributed by atoms with Crippen LogP contribution in [-0.4, -0.2) is 32.2 Å². The number of benzene rings is 2. The van der Waals surface area contributed by atoms with Crippen LogP contribution in [0.2, 0.25) is 0 Å². The second kappa shape index (κ2) is 9.61. The quantitative estimate of drug-likeness (QED) is 0.448. The second-order valence-electron chi connectivity index (χ2n) is 6.95. The fourth-order valence-corrected chi connectivity index (χ4v) is 4.41. The van der Waals surface area contributed by atoms with Crippen molar-refractivity contribution in [3.63, 3.8) is 0 Å². The van der Waals surface area contributed by atoms with Gasteiger partial charge in [-0.05, 0) is 35.9 Å². The number of hydrogen-bond donors (Lipinski definition) is 1. The molecule has 1 aliphatic rings. The molecule has 180 valence electrons. The monoisotopic (exact) mass is 496 g/mol. The number of ether oxygens (including phenoxy) is 1. The summed E-state index contributed by atoms with van der Waals surface area (Å²) in [6, 6.07) is 8.72. The third-order valence-electron chi connectivity index (χ3n) is 4.55. The molecule has 0 radical (unpaired) electrons. The number of nitrogens with zero attached hydrogens (tertiary/aromatic N) is 1. The lowest BCUT2D eigenvalue weighted by Crippen LogP contribution is -2.36. The van der Waals surface area contributed by atoms with E-state index in [4.69, 9.17) is 4.84 Å². The number of alkyl halides is 6. The van der Waals surface area contributed by atoms with Crippen molar-refractivity contribution in [3.05, 3.63) is 71.4 Å². The van der Waals surface area contributed by atoms with Gasteiger partial charge >= 0.3 is 12.5 Å². The number of sulfonamides is 1. The van der Waals surface area contributed by atoms with Crippen LogP contribution in [0.3, 0.4) is 0 Å². The lowest BCUT2D eigenvalue weighted by molar-refractivity contribution is -0.274. The molecule has 0 aromatic heterocycles. The smallest absolute Gasteiger partial charge is 0.406 e. The average molecular weight is 496 g/mol. The van der Waals surface area contributed by atoms with E-state index in [0.717, 1.165) is 40.7 Å². The summed E-state index contributed by atoms with van der Waals surface area (Å²) >= 11 is 0. The molecule has 3 rings (SSSR count). The lowest BCUT2D eigenvalue weighted by Gasteiger charge is -2.26. The molecule has 1 N–H and O–H groups in total. The summed E-state index contributed by atoms with van der Waals surface area (Å²) in [4.78, 5) is 4.87. The molecule has 0 saturated carbocycles. The molecular formula is C20H18F6N2O4S. The highest BCUT2D eigenvalue weighted by Crippen LogP contribution is 2.30. The first-order valence-corrected chi connectivity index (χ1v) is 10.9. The predicted octanol–water partition coefficient (Wildman–Crippen LogP) is 4.60. The van der Waals surface area contributed by atoms with E-state index in [1.807, 2.05) is 0 Å². The number of halogens is 6. The van der Waals surface area contributed by atoms with Crippen molar-refractivity contribution in [3.8, 4) is 5.75 Å². The van der Waals surface area contributed by atoms with Crippen molar-refractivity contribution in [1.29, 1.82) is 0 Å². The molecular weight excluding hydrogens is 478 g/mol. The first-order chi connectivity index (χ1) is 15.3. The van der Waals surface area contributed by atoms with Crippen LogP contribution in [0.15, 0.2) is 65.2 Å². The average Bonchev–Trinajstić information content (AvgIpc) is 2.73. The van der Waals surface area contributed by atoms with Crippen molar-refractivity contribution in [1.82, 2.24) is 9.79 Å². The van der Waals surface area contributed by atoms with E-state index in [-0.39, 0.29) is 31.0 Å². The molecule has 0 fully saturated rings. The minimum absolute atomic E-state index is 0.0123. The summed E-state index contributed by atoms with van der Waals surface area (Å²) < 4.78 is 106. The molecule has 2 aromatic carbocycles. The Labute approximate surface area is 185 Å². The Morgan fingerprint density at radius 3 is 2.36 bits per heavy atom. The van der Waals surface area contributed by atoms with E-state index in [1.54, 1.807) is 0 Å². The number of hydrogen-bond acceptors (Lipinski definition) is 5. The summed E-state index contributed by atoms with van der Waals surface area (Å²) in [5.74, 6) is -0.651. The third kappa shape index (κ3) is 6.85. The lowest BCUT2D eigenvalue weighted by atomic mass is 10.1. The molecule has 2 aromatic rings. The summed E-state index contributed by atoms with van der Waals surface area (Å²) in [7, 11) is -4.08. The molecule has 6 nitrogen and oxygen atoms in total. The number of nitrogens with one attached hydrogen (secondary N) is 1. The van der Waals surface area contributed by atoms with Crippen molar-refractivity contribution in [2.75, 3.05) is 13.1 Å². The van der Waals surface area contributed by atoms with E-state index in [9.17, 15) is 34.8 Å². The Morgan fingerprint density at radius 2 is 1.73 bits per heavy atom. The SMILES string of the molecule is O=S(=O)(c1cccc(OC(F)(F)F)c1)N1CC=C(NOCc2cccc(C(F)(F)F)c2)CC1. The Balaban J connectivity index is 1.58. The van der Waals surface area contributed by atoms with E-state index in [1.165, 1.54) is 18.2 Å². The number of hydroxylamine groups is 1. The van der Waals surface area contributed by atoms with Gasteiger partial charge in [0.15, 0.2) is 0 Å². The maximum Gasteiger partial charge on any atom is 0.573 e. The normalized spacial score (nSPS) is 15.8. The minimum Gasteiger partial charge on any atom is -0.406 e. The summed E-state index contributed by atoms with van der Waals surface area (Å²) in [6.07, 6.45) is -7.72. The molecule has 0 unspecified atom stereocenters. The van der Waals surface area contributed by atoms with E-state index in [0.29, 0.717) is 11.3 Å². The van der Waals surface area contributed by atoms with Crippen molar-refractivity contribution < 1.29 is 44.3 Å². The summed E-state index contributed by atoms with van der Waals surface area (Å²) in [6.45, 7) is -0.227. The fourth-order valence-electron chi connectivity index (χ4n) is 2.99. The number of rotatable bonds is 7. The maximum atomic E-state index is 12.8. The predicted molar refractivity (Wildman–Crippen MR) is 104 cm³/mol. The summed E-state index contributed by atoms with van der Waals surface area (Å²) in [5.41, 5.74) is 2.60. The molecule has 13 heteroatoms. The van der Waals surface area contributed by atoms with E-state index >= 15 is 0 Å². The zero-order chi connectivity index (χ0) is 24.3. The van der Waals surface area contributed by atoms with Crippen LogP contribution < -0.4 is 10.2 Å². The van der Waals surface area contributed by atoms with Gasteiger partial charge in [0, 0.05) is 31.3 Å². The van der Waals surface area contributed by atoms with E-state index < -0.39 is 33.9 Å². The zero-order valence-electron chi connectivity index (χ0n) is 16.8. The Kier molecular flexibility index (Phi) is 7.24. The molecule has 1 heterocycles. The highest BCUT2D eigenvalue weighted by Gasteiger charge is 2.33. The summed E-state index contributed by atoms with van der Waals surface area (Å²) in [5, 5.41) is 0. The Hall–Kier alpha value is -2.77. The fraction of sp³-hybridized carbons (Fsp3) is 0.300. The molecule has 0 bridgehead atoms. The van der Waals surface area contributed by atoms with Gasteiger partial charge in [0.05, 0.1) is 17.1 Å². The standard InChI is InChI=1S/C20H18F6N2O4S/c21-19(22,23)15-4-1-3-14(11-15)13-31-27-16-7-9-28(10-8-16)33(29,30)18-6-2-5-17(12-18)32-20(24,25)26/h1-7,11-12,27H,8-10,13H2. The topological polar surface area (TPSA) is 67.9 Å². The maximum absolute atomic E-state index is 12.8. The molecule has 33 heavy (non-hydrogen) atoms. The van der Waals surface area contributed by atoms with Gasteiger partial charge in [-0.15, -0.1) is 13.2 Å². The van der Waals surface area contributed by atoms with Crippen LogP contribution in [0, 0.1) is 0 Å². The van der Waals surface area contributed by atoms with Gasteiger partial charge in [-0.3, -0.25) is 10.3 Å². The largest absolute Gasteiger partial charge is 0.573 e. The van der Waals surface area contributed by atoms with Crippen LogP contribution in [-0.2, 0) is 27.6 Å². The van der Waals surface area contributed by atoms with Crippen molar-refractivity contribution >= 4 is 10.0 Å². The van der Waals surface area contributed by atoms with Crippen LogP contribution in [0.5, 0.6) is 5.75 Å². The first kappa shape index (κ1) is 24.9. The second-order valence-corrected chi connectivity index (χ2v) is 8.89. The minimum atomic E-state index is -4.95. The first-order valence-electron chi connectivity index (χ1n) is 9.43. The third-order valence-corrected chi connectivity index (χ3v) is 6.41. The van der Waals surface area contributed by atoms with Gasteiger partial charge < -0.3 is 4.74 Å². The molecule has 1 aliphatic heterocycles. The Morgan fingerprint density at radius 1 is 1.00 bits per heavy atom. The van der Waals surface area contributed by atoms with Crippen LogP contribution in [0.1, 0.15) is 17.5 Å². The van der Waals surface area contributed by atoms with Crippen molar-refractivity contribution in [2.24, 2.45) is 0 Å². The molecule has 0 spiro atoms. The highest BCUT2D eigenvalue weighted by molar-refractivity contribution is 7.89. The van der Waals surface area contributed by atoms with Gasteiger partial charge in [-0.2, -0.15) is 17.5 Å². The Bertz CT molecular complexity index is 1120. The van der Waals surface area contributed by atoms with Crippen LogP contribution in [0.4, 0.5) is 26.3 Å². The molecule has 0 amide bonds. The van der Waals surface area contributed by atoms with Gasteiger partial charge in [-0.1, -0.05) is 18.2 Å². The highest BCUT2D eigenvalue weighted by atomic mass is 32.2. The van der Waals surface area contributed by atoms with Gasteiger partial charge in [-0.25, -0.2) is 8.42 Å². The van der Waals surface area contributed by atoms with Gasteiger partial charge in [0.2, 0.25) is 10.0 Å². The van der Waals surface area contributed by atoms with Gasteiger partial charge in [0.25, 0.3) is 0 Å². The van der Waals surface area contributed by atoms with Gasteiger partial charge in [0.1, 0.15) is 5.75 Å². The van der Waals surface area contributed by atoms with Crippen LogP contribution in [0.25, 0.3) is 0 Å². The molecule has 0 aliphatic carbocycles. The van der Waals surface area contributed by atoms with E-state index in [2.05, 4.69) is 10.2 Å². The van der Waals surface area contributed by atoms with Crippen LogP contribution >= 0.6 is 0 Å². The molecule has 0 atom stereocenters.